The van der Waals surface area contributed by atoms with Gasteiger partial charge in [0.2, 0.25) is 5.96 Å². The van der Waals surface area contributed by atoms with E-state index in [0.29, 0.717) is 0 Å². The molecule has 0 fully saturated rings. The molecule has 2 aliphatic rings. The summed E-state index contributed by atoms with van der Waals surface area (Å²) in [4.78, 5) is 60.3. The first-order valence-electron chi connectivity index (χ1n) is 7.72. The number of guanidine groups is 1. The number of carbonyl (C=O) groups is 1. The van der Waals surface area contributed by atoms with Crippen molar-refractivity contribution in [2.24, 2.45) is 20.7 Å². The number of phosphoric acid groups is 2. The summed E-state index contributed by atoms with van der Waals surface area (Å²) < 4.78 is 46.4. The summed E-state index contributed by atoms with van der Waals surface area (Å²) in [6.07, 6.45) is -0.269. The Morgan fingerprint density at radius 2 is 1.86 bits per heavy atom. The van der Waals surface area contributed by atoms with E-state index in [9.17, 15) is 23.4 Å². The highest BCUT2D eigenvalue weighted by Crippen LogP contribution is 2.65. The maximum Gasteiger partial charge on any atom is 0.488 e. The van der Waals surface area contributed by atoms with Crippen LogP contribution in [0.5, 0.6) is 0 Å². The SMILES string of the molecule is CC[C@H](CN1C=NC2C(=O)N=C(N)N=C21)OCP(=O)(O)OP(=O)(O)OP(=O)(O)O. The topological polar surface area (TPSA) is 243 Å². The van der Waals surface area contributed by atoms with E-state index in [2.05, 4.69) is 23.6 Å². The molecule has 0 aliphatic carbocycles. The van der Waals surface area contributed by atoms with Crippen molar-refractivity contribution in [3.05, 3.63) is 0 Å². The average Bonchev–Trinajstić information content (AvgIpc) is 2.90. The number of amidine groups is 1. The normalized spacial score (nSPS) is 24.4. The van der Waals surface area contributed by atoms with Crippen LogP contribution in [0.2, 0.25) is 0 Å². The highest BCUT2D eigenvalue weighted by atomic mass is 31.3. The third-order valence-corrected chi connectivity index (χ3v) is 7.35. The number of fused-ring (bicyclic) bond motifs is 1. The molecule has 6 N–H and O–H groups in total. The summed E-state index contributed by atoms with van der Waals surface area (Å²) >= 11 is 0. The van der Waals surface area contributed by atoms with Crippen LogP contribution >= 0.6 is 23.2 Å². The molecule has 2 rings (SSSR count). The zero-order valence-electron chi connectivity index (χ0n) is 14.7. The Morgan fingerprint density at radius 3 is 2.45 bits per heavy atom. The van der Waals surface area contributed by atoms with Crippen LogP contribution in [0, 0.1) is 0 Å². The molecule has 29 heavy (non-hydrogen) atoms. The van der Waals surface area contributed by atoms with E-state index in [1.54, 1.807) is 6.92 Å². The van der Waals surface area contributed by atoms with Crippen LogP contribution in [-0.2, 0) is 31.8 Å². The Hall–Kier alpha value is -1.31. The minimum atomic E-state index is -5.54. The minimum Gasteiger partial charge on any atom is -0.368 e. The number of aliphatic imine (C=N–C) groups is 3. The Bertz CT molecular complexity index is 898. The molecule has 0 bridgehead atoms. The number of nitrogens with two attached hydrogens (primary N) is 1. The van der Waals surface area contributed by atoms with Gasteiger partial charge in [0.15, 0.2) is 6.04 Å². The quantitative estimate of drug-likeness (QED) is 0.240. The largest absolute Gasteiger partial charge is 0.488 e. The summed E-state index contributed by atoms with van der Waals surface area (Å²) in [6.45, 7) is 1.68. The van der Waals surface area contributed by atoms with Gasteiger partial charge in [-0.2, -0.15) is 14.3 Å². The zero-order chi connectivity index (χ0) is 22.0. The average molecular weight is 477 g/mol. The van der Waals surface area contributed by atoms with Gasteiger partial charge in [-0.05, 0) is 6.42 Å². The maximum atomic E-state index is 11.9. The van der Waals surface area contributed by atoms with Crippen molar-refractivity contribution in [1.82, 2.24) is 4.90 Å². The van der Waals surface area contributed by atoms with Gasteiger partial charge in [0.1, 0.15) is 12.2 Å². The summed E-state index contributed by atoms with van der Waals surface area (Å²) in [5.41, 5.74) is 5.45. The lowest BCUT2D eigenvalue weighted by molar-refractivity contribution is -0.117. The van der Waals surface area contributed by atoms with Gasteiger partial charge in [0, 0.05) is 0 Å². The smallest absolute Gasteiger partial charge is 0.368 e. The molecule has 16 nitrogen and oxygen atoms in total. The molecule has 0 aromatic rings. The van der Waals surface area contributed by atoms with Gasteiger partial charge >= 0.3 is 23.2 Å². The van der Waals surface area contributed by atoms with Crippen LogP contribution in [0.4, 0.5) is 0 Å². The molecule has 4 atom stereocenters. The van der Waals surface area contributed by atoms with E-state index in [4.69, 9.17) is 25.2 Å². The molecule has 2 heterocycles. The molecule has 0 aromatic heterocycles. The van der Waals surface area contributed by atoms with Crippen molar-refractivity contribution < 1.29 is 51.4 Å². The second-order valence-electron chi connectivity index (χ2n) is 5.68. The molecule has 19 heteroatoms. The van der Waals surface area contributed by atoms with Crippen LogP contribution in [0.1, 0.15) is 13.3 Å². The number of rotatable bonds is 10. The van der Waals surface area contributed by atoms with Crippen molar-refractivity contribution in [2.75, 3.05) is 12.9 Å². The fourth-order valence-electron chi connectivity index (χ4n) is 2.24. The first kappa shape index (κ1) is 24.0. The number of hydrogen-bond donors (Lipinski definition) is 5. The van der Waals surface area contributed by atoms with Crippen molar-refractivity contribution in [3.63, 3.8) is 0 Å². The van der Waals surface area contributed by atoms with Gasteiger partial charge in [-0.3, -0.25) is 14.4 Å². The third kappa shape index (κ3) is 7.15. The molecule has 0 radical (unpaired) electrons. The molecular formula is C10H18N5O11P3. The first-order chi connectivity index (χ1) is 13.2. The van der Waals surface area contributed by atoms with Crippen molar-refractivity contribution in [3.8, 4) is 0 Å². The molecule has 2 aliphatic heterocycles. The highest BCUT2D eigenvalue weighted by molar-refractivity contribution is 7.68. The Labute approximate surface area is 163 Å². The summed E-state index contributed by atoms with van der Waals surface area (Å²) in [5.74, 6) is -0.650. The number of amides is 1. The molecule has 3 unspecified atom stereocenters. The number of nitrogens with zero attached hydrogens (tertiary/aromatic N) is 4. The van der Waals surface area contributed by atoms with Gasteiger partial charge in [-0.15, -0.1) is 0 Å². The lowest BCUT2D eigenvalue weighted by atomic mass is 10.2. The van der Waals surface area contributed by atoms with Crippen LogP contribution in [0.15, 0.2) is 15.0 Å². The van der Waals surface area contributed by atoms with Crippen LogP contribution < -0.4 is 5.73 Å². The molecule has 0 aromatic carbocycles. The molecule has 1 amide bonds. The molecule has 0 spiro atoms. The van der Waals surface area contributed by atoms with Crippen molar-refractivity contribution in [2.45, 2.75) is 25.5 Å². The number of carbonyl (C=O) groups excluding carboxylic acids is 1. The predicted octanol–water partition coefficient (Wildman–Crippen LogP) is -0.883. The first-order valence-corrected chi connectivity index (χ1v) is 12.5. The maximum absolute atomic E-state index is 11.9. The second kappa shape index (κ2) is 8.82. The molecule has 0 saturated carbocycles. The van der Waals surface area contributed by atoms with Gasteiger partial charge < -0.3 is 34.9 Å². The molecular weight excluding hydrogens is 459 g/mol. The van der Waals surface area contributed by atoms with Crippen molar-refractivity contribution >= 4 is 47.3 Å². The highest BCUT2D eigenvalue weighted by Gasteiger charge is 2.40. The van der Waals surface area contributed by atoms with Gasteiger partial charge in [-0.1, -0.05) is 6.92 Å². The van der Waals surface area contributed by atoms with E-state index in [0.717, 1.165) is 0 Å². The molecule has 164 valence electrons. The zero-order valence-corrected chi connectivity index (χ0v) is 17.4. The number of ether oxygens (including phenoxy) is 1. The van der Waals surface area contributed by atoms with Crippen LogP contribution in [0.25, 0.3) is 0 Å². The van der Waals surface area contributed by atoms with Gasteiger partial charge in [0.25, 0.3) is 5.91 Å². The third-order valence-electron chi connectivity index (χ3n) is 3.35. The molecule has 0 saturated heterocycles. The predicted molar refractivity (Wildman–Crippen MR) is 96.9 cm³/mol. The lowest BCUT2D eigenvalue weighted by Crippen LogP contribution is -2.43. The summed E-state index contributed by atoms with van der Waals surface area (Å²) in [6, 6.07) is -0.947. The lowest BCUT2D eigenvalue weighted by Gasteiger charge is -2.25. The fourth-order valence-corrected chi connectivity index (χ4v) is 5.58. The number of hydrogen-bond acceptors (Lipinski definition) is 11. The monoisotopic (exact) mass is 477 g/mol. The Kier molecular flexibility index (Phi) is 7.29. The standard InChI is InChI=1S/C10H18N5O11P3/c1-2-6(3-15-4-12-7-8(15)13-10(11)14-9(7)16)24-5-27(17,18)25-29(22,23)26-28(19,20)21/h4,6-7H,2-3,5H2,1H3,(H,17,18)(H,22,23)(H2,11,14,16)(H2,19,20,21)/t6-,7?/m1/s1. The summed E-state index contributed by atoms with van der Waals surface area (Å²) in [5, 5.41) is 0. The Morgan fingerprint density at radius 1 is 1.21 bits per heavy atom. The van der Waals surface area contributed by atoms with Crippen molar-refractivity contribution in [1.29, 1.82) is 0 Å². The van der Waals surface area contributed by atoms with Gasteiger partial charge in [0.05, 0.1) is 19.0 Å². The van der Waals surface area contributed by atoms with Crippen LogP contribution in [-0.4, -0.2) is 73.6 Å². The van der Waals surface area contributed by atoms with E-state index in [1.165, 1.54) is 11.2 Å². The van der Waals surface area contributed by atoms with E-state index in [1.807, 2.05) is 0 Å². The van der Waals surface area contributed by atoms with Gasteiger partial charge in [-0.25, -0.2) is 13.4 Å². The van der Waals surface area contributed by atoms with E-state index in [-0.39, 0.29) is 24.8 Å². The van der Waals surface area contributed by atoms with E-state index >= 15 is 0 Å². The fraction of sp³-hybridized carbons (Fsp3) is 0.600. The second-order valence-corrected chi connectivity index (χ2v) is 10.4. The summed E-state index contributed by atoms with van der Waals surface area (Å²) in [7, 11) is -15.9. The Balaban J connectivity index is 1.97. The minimum absolute atomic E-state index is 0.0195. The van der Waals surface area contributed by atoms with Crippen LogP contribution in [0.3, 0.4) is 0 Å². The van der Waals surface area contributed by atoms with E-state index < -0.39 is 47.6 Å².